The summed E-state index contributed by atoms with van der Waals surface area (Å²) in [5.74, 6) is 0.617. The van der Waals surface area contributed by atoms with E-state index in [1.165, 1.54) is 0 Å². The van der Waals surface area contributed by atoms with Crippen molar-refractivity contribution < 1.29 is 4.79 Å². The van der Waals surface area contributed by atoms with Crippen LogP contribution in [0.15, 0.2) is 54.6 Å². The molecule has 4 heteroatoms. The zero-order valence-electron chi connectivity index (χ0n) is 10.1. The smallest absolute Gasteiger partial charge is 0.238 e. The van der Waals surface area contributed by atoms with Gasteiger partial charge in [-0.15, -0.1) is 11.8 Å². The van der Waals surface area contributed by atoms with Gasteiger partial charge in [-0.25, -0.2) is 0 Å². The lowest BCUT2D eigenvalue weighted by molar-refractivity contribution is -0.115. The molecule has 1 saturated heterocycles. The third-order valence-electron chi connectivity index (χ3n) is 3.07. The minimum atomic E-state index is -0.0383. The Kier molecular flexibility index (Phi) is 3.49. The van der Waals surface area contributed by atoms with Gasteiger partial charge in [-0.2, -0.15) is 0 Å². The summed E-state index contributed by atoms with van der Waals surface area (Å²) in [5, 5.41) is 0.666. The monoisotopic (exact) mass is 289 g/mol. The molecule has 1 amide bonds. The number of amides is 1. The third kappa shape index (κ3) is 2.36. The van der Waals surface area contributed by atoms with E-state index in [4.69, 9.17) is 11.6 Å². The second-order valence-corrected chi connectivity index (χ2v) is 5.76. The number of carbonyl (C=O) groups is 1. The van der Waals surface area contributed by atoms with Gasteiger partial charge < -0.3 is 0 Å². The molecule has 0 N–H and O–H groups in total. The second-order valence-electron chi connectivity index (χ2n) is 4.28. The number of rotatable bonds is 2. The van der Waals surface area contributed by atoms with Gasteiger partial charge in [0.1, 0.15) is 5.37 Å². The number of halogens is 1. The molecule has 0 radical (unpaired) electrons. The molecule has 0 bridgehead atoms. The highest BCUT2D eigenvalue weighted by molar-refractivity contribution is 8.00. The highest BCUT2D eigenvalue weighted by atomic mass is 35.5. The summed E-state index contributed by atoms with van der Waals surface area (Å²) in [4.78, 5) is 14.0. The maximum atomic E-state index is 12.1. The SMILES string of the molecule is O=C1CS[C@@H](c2ccccc2Cl)N1c1ccccc1. The molecule has 0 spiro atoms. The molecule has 0 unspecified atom stereocenters. The number of anilines is 1. The molecule has 3 rings (SSSR count). The van der Waals surface area contributed by atoms with Gasteiger partial charge in [0.25, 0.3) is 0 Å². The molecule has 1 fully saturated rings. The molecule has 19 heavy (non-hydrogen) atoms. The lowest BCUT2D eigenvalue weighted by atomic mass is 10.2. The van der Waals surface area contributed by atoms with Crippen molar-refractivity contribution in [3.63, 3.8) is 0 Å². The first-order valence-electron chi connectivity index (χ1n) is 6.00. The van der Waals surface area contributed by atoms with Crippen molar-refractivity contribution in [3.8, 4) is 0 Å². The standard InChI is InChI=1S/C15H12ClNOS/c16-13-9-5-4-8-12(13)15-17(14(18)10-19-15)11-6-2-1-3-7-11/h1-9,15H,10H2/t15-/m0/s1. The van der Waals surface area contributed by atoms with Crippen LogP contribution in [0.25, 0.3) is 0 Å². The predicted octanol–water partition coefficient (Wildman–Crippen LogP) is 4.12. The second kappa shape index (κ2) is 5.27. The number of nitrogens with zero attached hydrogens (tertiary/aromatic N) is 1. The van der Waals surface area contributed by atoms with E-state index in [1.54, 1.807) is 11.8 Å². The number of para-hydroxylation sites is 1. The molecular weight excluding hydrogens is 278 g/mol. The maximum absolute atomic E-state index is 12.1. The zero-order valence-corrected chi connectivity index (χ0v) is 11.7. The van der Waals surface area contributed by atoms with Crippen molar-refractivity contribution in [3.05, 3.63) is 65.2 Å². The first-order chi connectivity index (χ1) is 9.27. The van der Waals surface area contributed by atoms with E-state index < -0.39 is 0 Å². The van der Waals surface area contributed by atoms with Gasteiger partial charge in [-0.3, -0.25) is 9.69 Å². The van der Waals surface area contributed by atoms with Gasteiger partial charge in [0.2, 0.25) is 5.91 Å². The summed E-state index contributed by atoms with van der Waals surface area (Å²) in [5.41, 5.74) is 1.91. The Morgan fingerprint density at radius 1 is 1.05 bits per heavy atom. The van der Waals surface area contributed by atoms with E-state index in [0.717, 1.165) is 11.3 Å². The summed E-state index contributed by atoms with van der Waals surface area (Å²) < 4.78 is 0. The molecule has 1 atom stereocenters. The van der Waals surface area contributed by atoms with Crippen molar-refractivity contribution in [1.82, 2.24) is 0 Å². The van der Waals surface area contributed by atoms with E-state index >= 15 is 0 Å². The normalized spacial score (nSPS) is 18.9. The van der Waals surface area contributed by atoms with E-state index in [9.17, 15) is 4.79 Å². The number of carbonyl (C=O) groups excluding carboxylic acids is 1. The van der Waals surface area contributed by atoms with Crippen LogP contribution in [0.3, 0.4) is 0 Å². The van der Waals surface area contributed by atoms with Crippen LogP contribution in [0.1, 0.15) is 10.9 Å². The van der Waals surface area contributed by atoms with Crippen molar-refractivity contribution in [2.24, 2.45) is 0 Å². The molecule has 0 aromatic heterocycles. The fourth-order valence-corrected chi connectivity index (χ4v) is 3.71. The van der Waals surface area contributed by atoms with E-state index in [-0.39, 0.29) is 11.3 Å². The Morgan fingerprint density at radius 2 is 1.74 bits per heavy atom. The average molecular weight is 290 g/mol. The Balaban J connectivity index is 2.02. The molecular formula is C15H12ClNOS. The summed E-state index contributed by atoms with van der Waals surface area (Å²) in [6.07, 6.45) is 0. The number of benzene rings is 2. The highest BCUT2D eigenvalue weighted by Crippen LogP contribution is 2.43. The van der Waals surface area contributed by atoms with Gasteiger partial charge in [0.05, 0.1) is 5.75 Å². The fourth-order valence-electron chi connectivity index (χ4n) is 2.20. The maximum Gasteiger partial charge on any atom is 0.238 e. The van der Waals surface area contributed by atoms with Crippen molar-refractivity contribution >= 4 is 35.0 Å². The number of thioether (sulfide) groups is 1. The minimum Gasteiger partial charge on any atom is -0.295 e. The fraction of sp³-hybridized carbons (Fsp3) is 0.133. The van der Waals surface area contributed by atoms with Crippen LogP contribution in [0, 0.1) is 0 Å². The predicted molar refractivity (Wildman–Crippen MR) is 80.6 cm³/mol. The molecule has 1 aliphatic heterocycles. The lowest BCUT2D eigenvalue weighted by Gasteiger charge is -2.24. The topological polar surface area (TPSA) is 20.3 Å². The summed E-state index contributed by atoms with van der Waals surface area (Å²) >= 11 is 7.87. The summed E-state index contributed by atoms with van der Waals surface area (Å²) in [7, 11) is 0. The lowest BCUT2D eigenvalue weighted by Crippen LogP contribution is -2.27. The van der Waals surface area contributed by atoms with Crippen LogP contribution >= 0.6 is 23.4 Å². The van der Waals surface area contributed by atoms with Crippen molar-refractivity contribution in [2.45, 2.75) is 5.37 Å². The minimum absolute atomic E-state index is 0.0383. The summed E-state index contributed by atoms with van der Waals surface area (Å²) in [6, 6.07) is 17.4. The molecule has 1 heterocycles. The molecule has 0 saturated carbocycles. The van der Waals surface area contributed by atoms with Gasteiger partial charge in [-0.05, 0) is 18.2 Å². The quantitative estimate of drug-likeness (QED) is 0.829. The summed E-state index contributed by atoms with van der Waals surface area (Å²) in [6.45, 7) is 0. The Labute approximate surface area is 121 Å². The zero-order chi connectivity index (χ0) is 13.2. The van der Waals surface area contributed by atoms with Crippen LogP contribution in [-0.4, -0.2) is 11.7 Å². The highest BCUT2D eigenvalue weighted by Gasteiger charge is 2.34. The first kappa shape index (κ1) is 12.6. The average Bonchev–Trinajstić information content (AvgIpc) is 2.82. The van der Waals surface area contributed by atoms with Gasteiger partial charge in [0, 0.05) is 16.3 Å². The van der Waals surface area contributed by atoms with Gasteiger partial charge >= 0.3 is 0 Å². The molecule has 96 valence electrons. The van der Waals surface area contributed by atoms with Crippen LogP contribution in [0.2, 0.25) is 5.02 Å². The van der Waals surface area contributed by atoms with Crippen molar-refractivity contribution in [1.29, 1.82) is 0 Å². The number of hydrogen-bond acceptors (Lipinski definition) is 2. The van der Waals surface area contributed by atoms with E-state index in [2.05, 4.69) is 0 Å². The van der Waals surface area contributed by atoms with Crippen LogP contribution < -0.4 is 4.90 Å². The Bertz CT molecular complexity index is 602. The molecule has 2 nitrogen and oxygen atoms in total. The molecule has 2 aromatic carbocycles. The molecule has 1 aliphatic rings. The number of hydrogen-bond donors (Lipinski definition) is 0. The largest absolute Gasteiger partial charge is 0.295 e. The van der Waals surface area contributed by atoms with E-state index in [1.807, 2.05) is 59.5 Å². The Hall–Kier alpha value is -1.45. The van der Waals surface area contributed by atoms with Crippen LogP contribution in [-0.2, 0) is 4.79 Å². The van der Waals surface area contributed by atoms with Gasteiger partial charge in [-0.1, -0.05) is 48.0 Å². The third-order valence-corrected chi connectivity index (χ3v) is 4.61. The van der Waals surface area contributed by atoms with E-state index in [0.29, 0.717) is 10.8 Å². The van der Waals surface area contributed by atoms with Crippen LogP contribution in [0.4, 0.5) is 5.69 Å². The Morgan fingerprint density at radius 3 is 2.47 bits per heavy atom. The van der Waals surface area contributed by atoms with Crippen LogP contribution in [0.5, 0.6) is 0 Å². The van der Waals surface area contributed by atoms with Gasteiger partial charge in [0.15, 0.2) is 0 Å². The molecule has 0 aliphatic carbocycles. The first-order valence-corrected chi connectivity index (χ1v) is 7.43. The molecule has 2 aromatic rings. The van der Waals surface area contributed by atoms with Crippen molar-refractivity contribution in [2.75, 3.05) is 10.7 Å².